The summed E-state index contributed by atoms with van der Waals surface area (Å²) in [7, 11) is 2.51. The van der Waals surface area contributed by atoms with Crippen LogP contribution in [0.2, 0.25) is 0 Å². The summed E-state index contributed by atoms with van der Waals surface area (Å²) in [5, 5.41) is 17.6. The van der Waals surface area contributed by atoms with E-state index in [0.29, 0.717) is 13.2 Å². The molecule has 0 rings (SSSR count). The summed E-state index contributed by atoms with van der Waals surface area (Å²) in [5.74, 6) is 0. The van der Waals surface area contributed by atoms with Crippen LogP contribution in [0.4, 0.5) is 0 Å². The summed E-state index contributed by atoms with van der Waals surface area (Å²) < 4.78 is 1.30. The molecule has 3 heteroatoms. The molecule has 0 aromatic rings. The second-order valence-electron chi connectivity index (χ2n) is 14.1. The second-order valence-corrected chi connectivity index (χ2v) is 14.1. The van der Waals surface area contributed by atoms with Crippen molar-refractivity contribution in [2.24, 2.45) is 0 Å². The third-order valence-corrected chi connectivity index (χ3v) is 9.98. The van der Waals surface area contributed by atoms with E-state index >= 15 is 0 Å². The van der Waals surface area contributed by atoms with E-state index in [1.807, 2.05) is 0 Å². The molecular weight excluding hydrogens is 514 g/mol. The second kappa shape index (κ2) is 35.4. The highest BCUT2D eigenvalue weighted by atomic mass is 16.3. The standard InChI is InChI=1S/C39H82NO2/c1-3-40(2,36-32-28-24-20-16-12-8-4-6-10-14-18-22-26-30-34-38-41)37-33-29-25-21-17-13-9-5-7-11-15-19-23-27-31-35-39-42/h41-42H,3-39H2,1-2H3/q+1. The van der Waals surface area contributed by atoms with Gasteiger partial charge in [0.2, 0.25) is 0 Å². The molecule has 0 radical (unpaired) electrons. The number of aliphatic hydroxyl groups excluding tert-OH is 2. The first kappa shape index (κ1) is 41.9. The van der Waals surface area contributed by atoms with E-state index in [1.165, 1.54) is 217 Å². The molecule has 3 nitrogen and oxygen atoms in total. The number of hydrogen-bond donors (Lipinski definition) is 2. The highest BCUT2D eigenvalue weighted by molar-refractivity contribution is 4.53. The molecule has 0 bridgehead atoms. The average Bonchev–Trinajstić information content (AvgIpc) is 3.00. The zero-order valence-electron chi connectivity index (χ0n) is 29.5. The molecule has 0 aliphatic carbocycles. The third kappa shape index (κ3) is 32.8. The van der Waals surface area contributed by atoms with Gasteiger partial charge in [-0.25, -0.2) is 0 Å². The quantitative estimate of drug-likeness (QED) is 0.0553. The van der Waals surface area contributed by atoms with E-state index in [9.17, 15) is 0 Å². The molecule has 254 valence electrons. The van der Waals surface area contributed by atoms with Crippen molar-refractivity contribution in [3.63, 3.8) is 0 Å². The maximum absolute atomic E-state index is 8.81. The molecule has 0 amide bonds. The van der Waals surface area contributed by atoms with Crippen molar-refractivity contribution < 1.29 is 14.7 Å². The maximum atomic E-state index is 8.81. The Morgan fingerprint density at radius 1 is 0.286 bits per heavy atom. The fourth-order valence-corrected chi connectivity index (χ4v) is 6.59. The average molecular weight is 597 g/mol. The number of unbranched alkanes of at least 4 members (excludes halogenated alkanes) is 30. The van der Waals surface area contributed by atoms with E-state index < -0.39 is 0 Å². The lowest BCUT2D eigenvalue weighted by Gasteiger charge is -2.33. The monoisotopic (exact) mass is 597 g/mol. The minimum atomic E-state index is 0.369. The van der Waals surface area contributed by atoms with Gasteiger partial charge in [-0.05, 0) is 45.4 Å². The van der Waals surface area contributed by atoms with Gasteiger partial charge >= 0.3 is 0 Å². The van der Waals surface area contributed by atoms with Crippen molar-refractivity contribution in [3.8, 4) is 0 Å². The predicted octanol–water partition coefficient (Wildman–Crippen LogP) is 11.9. The van der Waals surface area contributed by atoms with E-state index in [4.69, 9.17) is 10.2 Å². The highest BCUT2D eigenvalue weighted by Crippen LogP contribution is 2.17. The Bertz CT molecular complexity index is 445. The van der Waals surface area contributed by atoms with Crippen molar-refractivity contribution >= 4 is 0 Å². The summed E-state index contributed by atoms with van der Waals surface area (Å²) in [6, 6.07) is 0. The maximum Gasteiger partial charge on any atom is 0.0784 e. The minimum absolute atomic E-state index is 0.369. The molecule has 0 aromatic heterocycles. The lowest BCUT2D eigenvalue weighted by molar-refractivity contribution is -0.908. The topological polar surface area (TPSA) is 40.5 Å². The van der Waals surface area contributed by atoms with E-state index in [0.717, 1.165) is 12.8 Å². The molecule has 0 aromatic carbocycles. The van der Waals surface area contributed by atoms with Crippen molar-refractivity contribution in [2.45, 2.75) is 212 Å². The molecule has 0 unspecified atom stereocenters. The zero-order valence-corrected chi connectivity index (χ0v) is 29.5. The van der Waals surface area contributed by atoms with Gasteiger partial charge in [0.25, 0.3) is 0 Å². The van der Waals surface area contributed by atoms with Crippen LogP contribution in [-0.2, 0) is 0 Å². The molecule has 2 N–H and O–H groups in total. The van der Waals surface area contributed by atoms with Crippen LogP contribution in [-0.4, -0.2) is 54.6 Å². The smallest absolute Gasteiger partial charge is 0.0784 e. The van der Waals surface area contributed by atoms with Gasteiger partial charge in [-0.3, -0.25) is 0 Å². The van der Waals surface area contributed by atoms with E-state index in [1.54, 1.807) is 0 Å². The molecule has 0 saturated heterocycles. The van der Waals surface area contributed by atoms with Crippen LogP contribution < -0.4 is 0 Å². The number of rotatable bonds is 37. The van der Waals surface area contributed by atoms with Gasteiger partial charge in [-0.15, -0.1) is 0 Å². The number of quaternary nitrogens is 1. The summed E-state index contributed by atoms with van der Waals surface area (Å²) in [6.45, 7) is 7.22. The molecule has 0 heterocycles. The summed E-state index contributed by atoms with van der Waals surface area (Å²) in [5.41, 5.74) is 0. The first-order chi connectivity index (χ1) is 20.7. The van der Waals surface area contributed by atoms with Gasteiger partial charge in [0.15, 0.2) is 0 Å². The van der Waals surface area contributed by atoms with Crippen LogP contribution in [0.15, 0.2) is 0 Å². The largest absolute Gasteiger partial charge is 0.396 e. The van der Waals surface area contributed by atoms with Gasteiger partial charge in [0, 0.05) is 13.2 Å². The number of aliphatic hydroxyl groups is 2. The Kier molecular flexibility index (Phi) is 35.3. The predicted molar refractivity (Wildman–Crippen MR) is 188 cm³/mol. The molecule has 0 aliphatic heterocycles. The molecule has 0 atom stereocenters. The molecule has 0 spiro atoms. The van der Waals surface area contributed by atoms with Crippen LogP contribution in [0.25, 0.3) is 0 Å². The Morgan fingerprint density at radius 3 is 0.619 bits per heavy atom. The zero-order chi connectivity index (χ0) is 30.7. The number of hydrogen-bond acceptors (Lipinski definition) is 2. The van der Waals surface area contributed by atoms with Crippen molar-refractivity contribution in [1.29, 1.82) is 0 Å². The molecule has 42 heavy (non-hydrogen) atoms. The van der Waals surface area contributed by atoms with E-state index in [2.05, 4.69) is 14.0 Å². The van der Waals surface area contributed by atoms with Gasteiger partial charge in [0.1, 0.15) is 0 Å². The van der Waals surface area contributed by atoms with Crippen LogP contribution in [0.1, 0.15) is 212 Å². The summed E-state index contributed by atoms with van der Waals surface area (Å²) >= 11 is 0. The lowest BCUT2D eigenvalue weighted by atomic mass is 10.0. The first-order valence-electron chi connectivity index (χ1n) is 19.7. The van der Waals surface area contributed by atoms with Gasteiger partial charge < -0.3 is 14.7 Å². The third-order valence-electron chi connectivity index (χ3n) is 9.98. The Hall–Kier alpha value is -0.120. The number of nitrogens with zero attached hydrogens (tertiary/aromatic N) is 1. The minimum Gasteiger partial charge on any atom is -0.396 e. The Balaban J connectivity index is 3.37. The Labute approximate surface area is 266 Å². The Morgan fingerprint density at radius 2 is 0.452 bits per heavy atom. The highest BCUT2D eigenvalue weighted by Gasteiger charge is 2.17. The molecular formula is C39H82NO2+. The van der Waals surface area contributed by atoms with Gasteiger partial charge in [-0.2, -0.15) is 0 Å². The fourth-order valence-electron chi connectivity index (χ4n) is 6.59. The van der Waals surface area contributed by atoms with Crippen LogP contribution in [0.5, 0.6) is 0 Å². The van der Waals surface area contributed by atoms with Gasteiger partial charge in [-0.1, -0.05) is 167 Å². The van der Waals surface area contributed by atoms with Crippen molar-refractivity contribution in [3.05, 3.63) is 0 Å². The summed E-state index contributed by atoms with van der Waals surface area (Å²) in [4.78, 5) is 0. The van der Waals surface area contributed by atoms with Crippen LogP contribution in [0, 0.1) is 0 Å². The first-order valence-corrected chi connectivity index (χ1v) is 19.7. The SMILES string of the molecule is CC[N+](C)(CCCCCCCCCCCCCCCCCCO)CCCCCCCCCCCCCCCCCCO. The lowest BCUT2D eigenvalue weighted by Crippen LogP contribution is -2.45. The van der Waals surface area contributed by atoms with Gasteiger partial charge in [0.05, 0.1) is 26.7 Å². The molecule has 0 aliphatic rings. The fraction of sp³-hybridized carbons (Fsp3) is 1.00. The molecule has 0 saturated carbocycles. The molecule has 0 fully saturated rings. The van der Waals surface area contributed by atoms with Crippen molar-refractivity contribution in [1.82, 2.24) is 0 Å². The van der Waals surface area contributed by atoms with Crippen molar-refractivity contribution in [2.75, 3.05) is 39.9 Å². The van der Waals surface area contributed by atoms with Crippen LogP contribution in [0.3, 0.4) is 0 Å². The van der Waals surface area contributed by atoms with E-state index in [-0.39, 0.29) is 0 Å². The summed E-state index contributed by atoms with van der Waals surface area (Å²) in [6.07, 6.45) is 44.3. The van der Waals surface area contributed by atoms with Crippen LogP contribution >= 0.6 is 0 Å². The normalized spacial score (nSPS) is 12.0.